The van der Waals surface area contributed by atoms with Gasteiger partial charge in [-0.05, 0) is 0 Å². The van der Waals surface area contributed by atoms with Crippen LogP contribution in [0, 0.1) is 0 Å². The van der Waals surface area contributed by atoms with Gasteiger partial charge in [0.1, 0.15) is 0 Å². The lowest BCUT2D eigenvalue weighted by molar-refractivity contribution is -0.123. The largest absolute Gasteiger partial charge is 0.483 e. The van der Waals surface area contributed by atoms with E-state index in [0.717, 1.165) is 0 Å². The molecule has 0 heterocycles. The molecule has 0 aromatic rings. The van der Waals surface area contributed by atoms with Gasteiger partial charge in [-0.15, -0.1) is 0 Å². The summed E-state index contributed by atoms with van der Waals surface area (Å²) in [7, 11) is 0. The first-order valence-corrected chi connectivity index (χ1v) is 1.48. The number of hydrogen-bond acceptors (Lipinski definition) is 4. The maximum atomic E-state index is 8.36. The normalized spacial score (nSPS) is 3.60. The molecule has 0 amide bonds. The lowest BCUT2D eigenvalue weighted by Gasteiger charge is -1.34. The molecule has 0 aromatic heterocycles. The van der Waals surface area contributed by atoms with Crippen molar-refractivity contribution in [3.05, 3.63) is 0 Å². The van der Waals surface area contributed by atoms with Crippen LogP contribution in [0.3, 0.4) is 0 Å². The zero-order chi connectivity index (χ0) is 8.12. The van der Waals surface area contributed by atoms with E-state index in [1.54, 1.807) is 0 Å². The van der Waals surface area contributed by atoms with Gasteiger partial charge in [-0.2, -0.15) is 0 Å². The first kappa shape index (κ1) is 23.8. The van der Waals surface area contributed by atoms with Crippen LogP contribution in [0.5, 0.6) is 0 Å². The molecule has 0 aromatic carbocycles. The Morgan fingerprint density at radius 2 is 0.700 bits per heavy atom. The van der Waals surface area contributed by atoms with Gasteiger partial charge in [-0.3, -0.25) is 14.4 Å². The minimum atomic E-state index is -0.250. The molecule has 0 bridgehead atoms. The summed E-state index contributed by atoms with van der Waals surface area (Å²) in [6.07, 6.45) is 0. The predicted molar refractivity (Wildman–Crippen MR) is 31.1 cm³/mol. The lowest BCUT2D eigenvalue weighted by atomic mass is 11.7. The van der Waals surface area contributed by atoms with Gasteiger partial charge in [0.15, 0.2) is 0 Å². The van der Waals surface area contributed by atoms with Crippen molar-refractivity contribution in [1.29, 1.82) is 0 Å². The highest BCUT2D eigenvalue weighted by Crippen LogP contribution is 0.972. The fourth-order valence-corrected chi connectivity index (χ4v) is 0. The van der Waals surface area contributed by atoms with Crippen LogP contribution in [0.15, 0.2) is 0 Å². The average molecular weight is 155 g/mol. The van der Waals surface area contributed by atoms with Gasteiger partial charge in [-0.1, -0.05) is 0 Å². The van der Waals surface area contributed by atoms with Crippen LogP contribution in [0.2, 0.25) is 0 Å². The highest BCUT2D eigenvalue weighted by Gasteiger charge is 1.22. The van der Waals surface area contributed by atoms with Crippen LogP contribution in [0.1, 0.15) is 0 Å². The van der Waals surface area contributed by atoms with Crippen LogP contribution in [-0.2, 0) is 14.4 Å². The summed E-state index contributed by atoms with van der Waals surface area (Å²) < 4.78 is 0. The first-order valence-electron chi connectivity index (χ1n) is 1.48. The molecule has 0 aliphatic rings. The molecule has 0 aliphatic carbocycles. The molecule has 0 fully saturated rings. The van der Waals surface area contributed by atoms with Crippen molar-refractivity contribution in [2.75, 3.05) is 0 Å². The van der Waals surface area contributed by atoms with E-state index in [-0.39, 0.29) is 25.6 Å². The molecule has 0 spiro atoms. The van der Waals surface area contributed by atoms with E-state index >= 15 is 0 Å². The summed E-state index contributed by atoms with van der Waals surface area (Å²) in [4.78, 5) is 25.1. The second kappa shape index (κ2) is 159. The summed E-state index contributed by atoms with van der Waals surface area (Å²) in [5, 5.41) is 20.7. The molecule has 0 aliphatic heterocycles. The van der Waals surface area contributed by atoms with Crippen molar-refractivity contribution in [1.82, 2.24) is 6.15 Å². The van der Waals surface area contributed by atoms with Gasteiger partial charge in [-0.25, -0.2) is 0 Å². The molecule has 0 unspecified atom stereocenters. The van der Waals surface area contributed by atoms with Crippen molar-refractivity contribution < 1.29 is 29.7 Å². The Labute approximate surface area is 56.5 Å². The summed E-state index contributed by atoms with van der Waals surface area (Å²) in [5.41, 5.74) is 0. The fraction of sp³-hybridized carbons (Fsp3) is 0. The summed E-state index contributed by atoms with van der Waals surface area (Å²) in [5.74, 6) is 0. The lowest BCUT2D eigenvalue weighted by Crippen LogP contribution is -1.49. The molecule has 0 saturated carbocycles. The molecular formula is C3H9NO6. The average Bonchev–Trinajstić information content (AvgIpc) is 1.70. The third-order valence-corrected chi connectivity index (χ3v) is 0. The Hall–Kier alpha value is -1.63. The molecule has 6 N–H and O–H groups in total. The van der Waals surface area contributed by atoms with Gasteiger partial charge in [0, 0.05) is 0 Å². The highest BCUT2D eigenvalue weighted by atomic mass is 16.4. The van der Waals surface area contributed by atoms with E-state index < -0.39 is 0 Å². The van der Waals surface area contributed by atoms with Crippen molar-refractivity contribution in [2.45, 2.75) is 0 Å². The van der Waals surface area contributed by atoms with Crippen molar-refractivity contribution in [2.24, 2.45) is 0 Å². The monoisotopic (exact) mass is 155 g/mol. The van der Waals surface area contributed by atoms with Gasteiger partial charge in [0.2, 0.25) is 0 Å². The Bertz CT molecular complexity index is 49.7. The van der Waals surface area contributed by atoms with E-state index in [1.165, 1.54) is 0 Å². The van der Waals surface area contributed by atoms with Gasteiger partial charge in [0.05, 0.1) is 0 Å². The van der Waals surface area contributed by atoms with Crippen LogP contribution in [0.4, 0.5) is 0 Å². The van der Waals surface area contributed by atoms with Crippen LogP contribution >= 0.6 is 0 Å². The molecular weight excluding hydrogens is 146 g/mol. The minimum absolute atomic E-state index is 0. The Balaban J connectivity index is -0.0000000257. The minimum Gasteiger partial charge on any atom is -0.483 e. The standard InChI is InChI=1S/3CH2O2.H3N/c3*2-1-3;/h3*1H,(H,2,3);1H3. The molecule has 0 radical (unpaired) electrons. The third kappa shape index (κ3) is 69.1. The SMILES string of the molecule is N.O=CO.O=CO.O=CO. The quantitative estimate of drug-likeness (QED) is 0.337. The topological polar surface area (TPSA) is 147 Å². The van der Waals surface area contributed by atoms with Crippen molar-refractivity contribution in [3.63, 3.8) is 0 Å². The van der Waals surface area contributed by atoms with Crippen LogP contribution in [-0.4, -0.2) is 34.7 Å². The van der Waals surface area contributed by atoms with Crippen LogP contribution in [0.25, 0.3) is 0 Å². The molecule has 10 heavy (non-hydrogen) atoms. The Kier molecular flexibility index (Phi) is 379. The molecule has 7 nitrogen and oxygen atoms in total. The second-order valence-electron chi connectivity index (χ2n) is 0.316. The zero-order valence-corrected chi connectivity index (χ0v) is 5.01. The molecule has 62 valence electrons. The van der Waals surface area contributed by atoms with Crippen LogP contribution < -0.4 is 6.15 Å². The first-order chi connectivity index (χ1) is 4.24. The van der Waals surface area contributed by atoms with Gasteiger partial charge >= 0.3 is 0 Å². The number of carbonyl (C=O) groups is 3. The molecule has 0 atom stereocenters. The maximum Gasteiger partial charge on any atom is 0.290 e. The van der Waals surface area contributed by atoms with E-state index in [9.17, 15) is 0 Å². The van der Waals surface area contributed by atoms with E-state index in [1.807, 2.05) is 0 Å². The number of hydrogen-bond donors (Lipinski definition) is 4. The Morgan fingerprint density at radius 1 is 0.700 bits per heavy atom. The zero-order valence-electron chi connectivity index (χ0n) is 5.01. The van der Waals surface area contributed by atoms with E-state index in [4.69, 9.17) is 29.7 Å². The molecule has 7 heteroatoms. The summed E-state index contributed by atoms with van der Waals surface area (Å²) >= 11 is 0. The van der Waals surface area contributed by atoms with Crippen molar-refractivity contribution in [3.8, 4) is 0 Å². The predicted octanol–water partition coefficient (Wildman–Crippen LogP) is -0.736. The van der Waals surface area contributed by atoms with E-state index in [0.29, 0.717) is 0 Å². The molecule has 0 rings (SSSR count). The van der Waals surface area contributed by atoms with Gasteiger partial charge < -0.3 is 21.5 Å². The summed E-state index contributed by atoms with van der Waals surface area (Å²) in [6.45, 7) is -0.750. The highest BCUT2D eigenvalue weighted by molar-refractivity contribution is 5.33. The van der Waals surface area contributed by atoms with Gasteiger partial charge in [0.25, 0.3) is 19.4 Å². The van der Waals surface area contributed by atoms with E-state index in [2.05, 4.69) is 0 Å². The van der Waals surface area contributed by atoms with Crippen molar-refractivity contribution >= 4 is 19.4 Å². The summed E-state index contributed by atoms with van der Waals surface area (Å²) in [6, 6.07) is 0. The maximum absolute atomic E-state index is 8.36. The number of carboxylic acid groups (broad SMARTS) is 3. The third-order valence-electron chi connectivity index (χ3n) is 0. The molecule has 0 saturated heterocycles. The fourth-order valence-electron chi connectivity index (χ4n) is 0. The Morgan fingerprint density at radius 3 is 0.700 bits per heavy atom. The number of rotatable bonds is 0. The smallest absolute Gasteiger partial charge is 0.290 e. The second-order valence-corrected chi connectivity index (χ2v) is 0.316.